The Kier molecular flexibility index (Phi) is 4.05. The Morgan fingerprint density at radius 1 is 1.24 bits per heavy atom. The van der Waals surface area contributed by atoms with E-state index in [4.69, 9.17) is 0 Å². The molecule has 0 saturated carbocycles. The number of nitrogens with one attached hydrogen (secondary N) is 1. The fourth-order valence-electron chi connectivity index (χ4n) is 3.57. The van der Waals surface area contributed by atoms with Crippen molar-refractivity contribution in [3.8, 4) is 0 Å². The first kappa shape index (κ1) is 14.6. The van der Waals surface area contributed by atoms with Gasteiger partial charge in [0.2, 0.25) is 0 Å². The van der Waals surface area contributed by atoms with Gasteiger partial charge >= 0.3 is 0 Å². The molecule has 1 atom stereocenters. The third-order valence-corrected chi connectivity index (χ3v) is 4.95. The lowest BCUT2D eigenvalue weighted by Crippen LogP contribution is -2.37. The van der Waals surface area contributed by atoms with Crippen LogP contribution in [0.25, 0.3) is 10.9 Å². The molecule has 1 saturated heterocycles. The Labute approximate surface area is 127 Å². The molecule has 3 heteroatoms. The minimum Gasteiger partial charge on any atom is -0.357 e. The zero-order valence-corrected chi connectivity index (χ0v) is 13.7. The van der Waals surface area contributed by atoms with Crippen molar-refractivity contribution in [2.24, 2.45) is 0 Å². The van der Waals surface area contributed by atoms with Crippen LogP contribution in [0.2, 0.25) is 0 Å². The largest absolute Gasteiger partial charge is 0.357 e. The van der Waals surface area contributed by atoms with Gasteiger partial charge in [0.05, 0.1) is 0 Å². The van der Waals surface area contributed by atoms with Crippen molar-refractivity contribution in [3.05, 3.63) is 35.0 Å². The second kappa shape index (κ2) is 5.82. The number of hydrogen-bond donors (Lipinski definition) is 1. The standard InChI is InChI=1S/C18H27N3/c1-13-7-5-8-16-15(3)17(19-18(13)16)12-21-10-6-9-20(4)11-14(21)2/h5,7-8,14,19H,6,9-12H2,1-4H3/t14-/m0/s1. The number of aromatic nitrogens is 1. The van der Waals surface area contributed by atoms with Crippen LogP contribution in [0.1, 0.15) is 30.2 Å². The molecule has 1 fully saturated rings. The van der Waals surface area contributed by atoms with E-state index in [0.717, 1.165) is 13.1 Å². The third kappa shape index (κ3) is 2.85. The van der Waals surface area contributed by atoms with Crippen molar-refractivity contribution in [1.82, 2.24) is 14.8 Å². The number of aryl methyl sites for hydroxylation is 2. The second-order valence-electron chi connectivity index (χ2n) is 6.66. The van der Waals surface area contributed by atoms with Gasteiger partial charge in [0.25, 0.3) is 0 Å². The molecule has 0 radical (unpaired) electrons. The Balaban J connectivity index is 1.87. The summed E-state index contributed by atoms with van der Waals surface area (Å²) in [7, 11) is 2.23. The SMILES string of the molecule is Cc1c(CN2CCCN(C)C[C@@H]2C)[nH]c2c(C)cccc12. The number of rotatable bonds is 2. The maximum atomic E-state index is 3.68. The lowest BCUT2D eigenvalue weighted by atomic mass is 10.1. The zero-order chi connectivity index (χ0) is 15.0. The summed E-state index contributed by atoms with van der Waals surface area (Å²) in [6, 6.07) is 7.19. The van der Waals surface area contributed by atoms with E-state index in [1.807, 2.05) is 0 Å². The highest BCUT2D eigenvalue weighted by Crippen LogP contribution is 2.26. The molecule has 1 aliphatic heterocycles. The van der Waals surface area contributed by atoms with Gasteiger partial charge in [0.15, 0.2) is 0 Å². The number of H-pyrrole nitrogens is 1. The fraction of sp³-hybridized carbons (Fsp3) is 0.556. The van der Waals surface area contributed by atoms with Gasteiger partial charge in [-0.3, -0.25) is 4.90 Å². The van der Waals surface area contributed by atoms with E-state index in [0.29, 0.717) is 6.04 Å². The topological polar surface area (TPSA) is 22.3 Å². The Morgan fingerprint density at radius 2 is 2.05 bits per heavy atom. The number of likely N-dealkylation sites (N-methyl/N-ethyl adjacent to an activating group) is 1. The highest BCUT2D eigenvalue weighted by molar-refractivity contribution is 5.86. The summed E-state index contributed by atoms with van der Waals surface area (Å²) >= 11 is 0. The minimum atomic E-state index is 0.615. The predicted molar refractivity (Wildman–Crippen MR) is 89.8 cm³/mol. The van der Waals surface area contributed by atoms with Gasteiger partial charge in [-0.1, -0.05) is 18.2 Å². The zero-order valence-electron chi connectivity index (χ0n) is 13.7. The minimum absolute atomic E-state index is 0.615. The summed E-state index contributed by atoms with van der Waals surface area (Å²) in [6.07, 6.45) is 1.26. The van der Waals surface area contributed by atoms with Crippen LogP contribution in [-0.4, -0.2) is 47.5 Å². The van der Waals surface area contributed by atoms with Crippen LogP contribution in [0.15, 0.2) is 18.2 Å². The number of para-hydroxylation sites is 1. The van der Waals surface area contributed by atoms with E-state index >= 15 is 0 Å². The lowest BCUT2D eigenvalue weighted by molar-refractivity contribution is 0.192. The molecule has 0 unspecified atom stereocenters. The summed E-state index contributed by atoms with van der Waals surface area (Å²) in [5.74, 6) is 0. The van der Waals surface area contributed by atoms with Gasteiger partial charge in [0.1, 0.15) is 0 Å². The summed E-state index contributed by atoms with van der Waals surface area (Å²) in [6.45, 7) is 11.4. The molecular weight excluding hydrogens is 258 g/mol. The van der Waals surface area contributed by atoms with Crippen LogP contribution in [0, 0.1) is 13.8 Å². The third-order valence-electron chi connectivity index (χ3n) is 4.95. The molecular formula is C18H27N3. The van der Waals surface area contributed by atoms with Crippen LogP contribution >= 0.6 is 0 Å². The van der Waals surface area contributed by atoms with Crippen LogP contribution in [-0.2, 0) is 6.54 Å². The van der Waals surface area contributed by atoms with Crippen LogP contribution in [0.4, 0.5) is 0 Å². The molecule has 1 aromatic heterocycles. The molecule has 0 amide bonds. The Morgan fingerprint density at radius 3 is 2.81 bits per heavy atom. The van der Waals surface area contributed by atoms with Gasteiger partial charge in [-0.25, -0.2) is 0 Å². The van der Waals surface area contributed by atoms with Gasteiger partial charge in [-0.05, 0) is 51.9 Å². The first-order valence-corrected chi connectivity index (χ1v) is 8.05. The number of hydrogen-bond acceptors (Lipinski definition) is 2. The quantitative estimate of drug-likeness (QED) is 0.914. The summed E-state index contributed by atoms with van der Waals surface area (Å²) < 4.78 is 0. The van der Waals surface area contributed by atoms with Crippen LogP contribution in [0.5, 0.6) is 0 Å². The Bertz CT molecular complexity index is 629. The molecule has 21 heavy (non-hydrogen) atoms. The summed E-state index contributed by atoms with van der Waals surface area (Å²) in [4.78, 5) is 8.75. The molecule has 0 bridgehead atoms. The summed E-state index contributed by atoms with van der Waals surface area (Å²) in [5.41, 5.74) is 5.45. The van der Waals surface area contributed by atoms with Crippen molar-refractivity contribution >= 4 is 10.9 Å². The van der Waals surface area contributed by atoms with Crippen molar-refractivity contribution in [3.63, 3.8) is 0 Å². The predicted octanol–water partition coefficient (Wildman–Crippen LogP) is 3.31. The van der Waals surface area contributed by atoms with Crippen LogP contribution in [0.3, 0.4) is 0 Å². The molecule has 114 valence electrons. The monoisotopic (exact) mass is 285 g/mol. The van der Waals surface area contributed by atoms with E-state index in [-0.39, 0.29) is 0 Å². The molecule has 2 heterocycles. The van der Waals surface area contributed by atoms with Crippen molar-refractivity contribution in [2.45, 2.75) is 39.8 Å². The van der Waals surface area contributed by atoms with E-state index < -0.39 is 0 Å². The Hall–Kier alpha value is -1.32. The first-order valence-electron chi connectivity index (χ1n) is 8.05. The number of aromatic amines is 1. The normalized spacial score (nSPS) is 21.8. The highest BCUT2D eigenvalue weighted by Gasteiger charge is 2.21. The van der Waals surface area contributed by atoms with Crippen molar-refractivity contribution in [2.75, 3.05) is 26.7 Å². The van der Waals surface area contributed by atoms with Crippen molar-refractivity contribution in [1.29, 1.82) is 0 Å². The first-order chi connectivity index (χ1) is 10.1. The molecule has 1 aliphatic rings. The van der Waals surface area contributed by atoms with Gasteiger partial charge in [0, 0.05) is 42.3 Å². The molecule has 0 spiro atoms. The van der Waals surface area contributed by atoms with E-state index in [9.17, 15) is 0 Å². The van der Waals surface area contributed by atoms with E-state index in [1.165, 1.54) is 47.2 Å². The highest BCUT2D eigenvalue weighted by atomic mass is 15.2. The molecule has 3 rings (SSSR count). The molecule has 3 nitrogen and oxygen atoms in total. The number of benzene rings is 1. The maximum absolute atomic E-state index is 3.68. The molecule has 0 aliphatic carbocycles. The van der Waals surface area contributed by atoms with Crippen molar-refractivity contribution < 1.29 is 0 Å². The van der Waals surface area contributed by atoms with Crippen LogP contribution < -0.4 is 0 Å². The van der Waals surface area contributed by atoms with E-state index in [2.05, 4.69) is 60.8 Å². The smallest absolute Gasteiger partial charge is 0.0488 e. The van der Waals surface area contributed by atoms with E-state index in [1.54, 1.807) is 0 Å². The number of fused-ring (bicyclic) bond motifs is 1. The maximum Gasteiger partial charge on any atom is 0.0488 e. The van der Waals surface area contributed by atoms with Gasteiger partial charge < -0.3 is 9.88 Å². The fourth-order valence-corrected chi connectivity index (χ4v) is 3.57. The average Bonchev–Trinajstić information content (AvgIpc) is 2.67. The lowest BCUT2D eigenvalue weighted by Gasteiger charge is -2.27. The molecule has 1 aromatic carbocycles. The molecule has 1 N–H and O–H groups in total. The van der Waals surface area contributed by atoms with Gasteiger partial charge in [-0.2, -0.15) is 0 Å². The second-order valence-corrected chi connectivity index (χ2v) is 6.66. The number of nitrogens with zero attached hydrogens (tertiary/aromatic N) is 2. The molecule has 2 aromatic rings. The van der Waals surface area contributed by atoms with Gasteiger partial charge in [-0.15, -0.1) is 0 Å². The average molecular weight is 285 g/mol. The summed E-state index contributed by atoms with van der Waals surface area (Å²) in [5, 5.41) is 1.38.